The lowest BCUT2D eigenvalue weighted by Crippen LogP contribution is -2.40. The molecule has 12 heteroatoms. The molecule has 6 rings (SSSR count). The number of rotatable bonds is 5. The highest BCUT2D eigenvalue weighted by Gasteiger charge is 2.62. The maximum absolute atomic E-state index is 13.5. The molecule has 1 amide bonds. The van der Waals surface area contributed by atoms with Gasteiger partial charge < -0.3 is 14.4 Å². The minimum atomic E-state index is -4.21. The van der Waals surface area contributed by atoms with E-state index in [1.54, 1.807) is 24.4 Å². The van der Waals surface area contributed by atoms with Gasteiger partial charge >= 0.3 is 6.18 Å². The molecule has 8 nitrogen and oxygen atoms in total. The van der Waals surface area contributed by atoms with Gasteiger partial charge in [0.15, 0.2) is 5.82 Å². The number of anilines is 1. The Balaban J connectivity index is 0.00000188. The van der Waals surface area contributed by atoms with E-state index in [4.69, 9.17) is 14.5 Å². The van der Waals surface area contributed by atoms with Gasteiger partial charge in [0, 0.05) is 29.2 Å². The van der Waals surface area contributed by atoms with Gasteiger partial charge in [-0.15, -0.1) is 5.10 Å². The van der Waals surface area contributed by atoms with Gasteiger partial charge in [-0.25, -0.2) is 9.67 Å². The quantitative estimate of drug-likeness (QED) is 0.290. The van der Waals surface area contributed by atoms with E-state index in [1.807, 2.05) is 38.1 Å². The molecule has 1 N–H and O–H groups in total. The van der Waals surface area contributed by atoms with Crippen LogP contribution < -0.4 is 19.1 Å². The highest BCUT2D eigenvalue weighted by atomic mass is 32.2. The SMILES string of the molecule is CC.CC1(C)CC2CCCOc3cccc(c3)SNC(=O)c3ccc(-n4ccc(OCCC5(C(F)(F)F)CC5)n4)nc3N1C2. The van der Waals surface area contributed by atoms with E-state index in [2.05, 4.69) is 28.6 Å². The first kappa shape index (κ1) is 32.0. The monoisotopic (exact) mass is 631 g/mol. The van der Waals surface area contributed by atoms with Crippen molar-refractivity contribution in [3.05, 3.63) is 54.2 Å². The smallest absolute Gasteiger partial charge is 0.394 e. The van der Waals surface area contributed by atoms with E-state index < -0.39 is 11.6 Å². The van der Waals surface area contributed by atoms with Gasteiger partial charge in [0.25, 0.3) is 5.91 Å². The summed E-state index contributed by atoms with van der Waals surface area (Å²) < 4.78 is 55.8. The largest absolute Gasteiger partial charge is 0.494 e. The minimum Gasteiger partial charge on any atom is -0.494 e. The molecule has 1 atom stereocenters. The highest BCUT2D eigenvalue weighted by molar-refractivity contribution is 7.98. The van der Waals surface area contributed by atoms with Crippen LogP contribution in [0.2, 0.25) is 0 Å². The van der Waals surface area contributed by atoms with Crippen LogP contribution in [0.25, 0.3) is 5.82 Å². The number of amides is 1. The first-order valence-corrected chi connectivity index (χ1v) is 16.1. The first-order valence-electron chi connectivity index (χ1n) is 15.3. The number of pyridine rings is 1. The molecule has 1 aliphatic carbocycles. The Bertz CT molecular complexity index is 1460. The lowest BCUT2D eigenvalue weighted by molar-refractivity contribution is -0.190. The van der Waals surface area contributed by atoms with Crippen LogP contribution in [-0.4, -0.2) is 52.1 Å². The third-order valence-electron chi connectivity index (χ3n) is 8.50. The van der Waals surface area contributed by atoms with Gasteiger partial charge in [0.05, 0.1) is 24.2 Å². The van der Waals surface area contributed by atoms with Crippen LogP contribution in [0, 0.1) is 11.3 Å². The highest BCUT2D eigenvalue weighted by Crippen LogP contribution is 2.59. The molecule has 2 aliphatic heterocycles. The van der Waals surface area contributed by atoms with E-state index >= 15 is 0 Å². The summed E-state index contributed by atoms with van der Waals surface area (Å²) in [5, 5.41) is 4.41. The molecule has 238 valence electrons. The third-order valence-corrected chi connectivity index (χ3v) is 9.27. The van der Waals surface area contributed by atoms with Crippen LogP contribution in [0.3, 0.4) is 0 Å². The van der Waals surface area contributed by atoms with E-state index in [1.165, 1.54) is 16.6 Å². The summed E-state index contributed by atoms with van der Waals surface area (Å²) in [5.41, 5.74) is -1.40. The summed E-state index contributed by atoms with van der Waals surface area (Å²) >= 11 is 1.22. The number of nitrogens with zero attached hydrogens (tertiary/aromatic N) is 4. The maximum Gasteiger partial charge on any atom is 0.394 e. The number of alkyl halides is 3. The number of carbonyl (C=O) groups excluding carboxylic acids is 1. The van der Waals surface area contributed by atoms with Crippen LogP contribution in [0.5, 0.6) is 11.6 Å². The fraction of sp³-hybridized carbons (Fsp3) is 0.531. The average Bonchev–Trinajstić information content (AvgIpc) is 3.55. The molecule has 2 aromatic heterocycles. The Morgan fingerprint density at radius 2 is 1.95 bits per heavy atom. The number of nitrogens with one attached hydrogen (secondary N) is 1. The van der Waals surface area contributed by atoms with Gasteiger partial charge in [0.1, 0.15) is 11.6 Å². The van der Waals surface area contributed by atoms with Gasteiger partial charge in [-0.05, 0) is 101 Å². The second-order valence-electron chi connectivity index (χ2n) is 12.0. The van der Waals surface area contributed by atoms with Crippen molar-refractivity contribution in [2.75, 3.05) is 24.7 Å². The topological polar surface area (TPSA) is 81.5 Å². The lowest BCUT2D eigenvalue weighted by Gasteiger charge is -2.34. The molecule has 2 fully saturated rings. The molecular formula is C32H40F3N5O3S. The predicted molar refractivity (Wildman–Crippen MR) is 165 cm³/mol. The summed E-state index contributed by atoms with van der Waals surface area (Å²) in [6.07, 6.45) is 0.515. The number of fused-ring (bicyclic) bond motifs is 6. The van der Waals surface area contributed by atoms with Crippen molar-refractivity contribution in [2.45, 2.75) is 82.8 Å². The Labute approximate surface area is 260 Å². The fourth-order valence-corrected chi connectivity index (χ4v) is 6.58. The Morgan fingerprint density at radius 3 is 2.70 bits per heavy atom. The molecule has 4 bridgehead atoms. The van der Waals surface area contributed by atoms with E-state index in [0.29, 0.717) is 29.7 Å². The van der Waals surface area contributed by atoms with Crippen molar-refractivity contribution in [3.8, 4) is 17.4 Å². The van der Waals surface area contributed by atoms with Crippen LogP contribution in [0.4, 0.5) is 19.0 Å². The predicted octanol–water partition coefficient (Wildman–Crippen LogP) is 7.62. The second kappa shape index (κ2) is 12.9. The number of ether oxygens (including phenoxy) is 2. The first-order chi connectivity index (χ1) is 21.0. The molecule has 1 unspecified atom stereocenters. The molecule has 1 saturated heterocycles. The molecular weight excluding hydrogens is 591 g/mol. The molecule has 3 aromatic rings. The number of aromatic nitrogens is 3. The normalized spacial score (nSPS) is 20.6. The Kier molecular flexibility index (Phi) is 9.38. The van der Waals surface area contributed by atoms with Crippen molar-refractivity contribution in [1.29, 1.82) is 0 Å². The standard InChI is InChI=1S/C30H34F3N5O3S.C2H6/c1-28(2)18-20-5-4-15-40-21-6-3-7-22(17-21)42-36-27(39)23-8-9-24(34-26(23)37(28)19-20)38-14-10-25(35-38)41-16-13-29(11-12-29)30(31,32)33;1-2/h3,6-10,14,17,20H,4-5,11-13,15-16,18-19H2,1-2H3,(H,36,39);1-2H3. The number of hydrogen-bond donors (Lipinski definition) is 1. The molecule has 44 heavy (non-hydrogen) atoms. The zero-order valence-corrected chi connectivity index (χ0v) is 26.4. The van der Waals surface area contributed by atoms with Crippen LogP contribution in [0.15, 0.2) is 53.6 Å². The summed E-state index contributed by atoms with van der Waals surface area (Å²) in [6, 6.07) is 12.7. The van der Waals surface area contributed by atoms with E-state index in [-0.39, 0.29) is 43.2 Å². The zero-order chi connectivity index (χ0) is 31.5. The zero-order valence-electron chi connectivity index (χ0n) is 25.6. The van der Waals surface area contributed by atoms with Gasteiger partial charge in [-0.3, -0.25) is 9.52 Å². The van der Waals surface area contributed by atoms with Gasteiger partial charge in [-0.2, -0.15) is 13.2 Å². The molecule has 0 radical (unpaired) electrons. The molecule has 4 heterocycles. The van der Waals surface area contributed by atoms with Crippen LogP contribution >= 0.6 is 11.9 Å². The van der Waals surface area contributed by atoms with E-state index in [9.17, 15) is 18.0 Å². The summed E-state index contributed by atoms with van der Waals surface area (Å²) in [5.74, 6) is 2.20. The minimum absolute atomic E-state index is 0.0662. The molecule has 1 aromatic carbocycles. The fourth-order valence-electron chi connectivity index (χ4n) is 5.94. The van der Waals surface area contributed by atoms with Gasteiger partial charge in [0.2, 0.25) is 5.88 Å². The number of hydrogen-bond acceptors (Lipinski definition) is 7. The van der Waals surface area contributed by atoms with Crippen molar-refractivity contribution in [1.82, 2.24) is 19.5 Å². The molecule has 0 spiro atoms. The van der Waals surface area contributed by atoms with Gasteiger partial charge in [-0.1, -0.05) is 19.9 Å². The summed E-state index contributed by atoms with van der Waals surface area (Å²) in [6.45, 7) is 9.63. The third kappa shape index (κ3) is 6.95. The van der Waals surface area contributed by atoms with Crippen molar-refractivity contribution in [2.24, 2.45) is 11.3 Å². The van der Waals surface area contributed by atoms with E-state index in [0.717, 1.165) is 36.5 Å². The average molecular weight is 632 g/mol. The number of benzene rings is 1. The van der Waals surface area contributed by atoms with Crippen LogP contribution in [0.1, 0.15) is 76.6 Å². The van der Waals surface area contributed by atoms with Crippen molar-refractivity contribution in [3.63, 3.8) is 0 Å². The molecule has 3 aliphatic rings. The Hall–Kier alpha value is -3.41. The number of carbonyl (C=O) groups is 1. The second-order valence-corrected chi connectivity index (χ2v) is 12.9. The Morgan fingerprint density at radius 1 is 1.16 bits per heavy atom. The summed E-state index contributed by atoms with van der Waals surface area (Å²) in [7, 11) is 0. The molecule has 1 saturated carbocycles. The lowest BCUT2D eigenvalue weighted by atomic mass is 9.93. The van der Waals surface area contributed by atoms with Crippen molar-refractivity contribution >= 4 is 23.7 Å². The summed E-state index contributed by atoms with van der Waals surface area (Å²) in [4.78, 5) is 21.5. The van der Waals surface area contributed by atoms with Crippen molar-refractivity contribution < 1.29 is 27.4 Å². The van der Waals surface area contributed by atoms with Crippen LogP contribution in [-0.2, 0) is 0 Å². The maximum atomic E-state index is 13.5. The number of halogens is 3.